The molecule has 3 heterocycles. The van der Waals surface area contributed by atoms with Gasteiger partial charge in [0, 0.05) is 37.1 Å². The number of hydrogen-bond acceptors (Lipinski definition) is 7. The summed E-state index contributed by atoms with van der Waals surface area (Å²) in [6.45, 7) is 0. The molecule has 0 aliphatic heterocycles. The van der Waals surface area contributed by atoms with Gasteiger partial charge < -0.3 is 0 Å². The number of aromatic amines is 1. The van der Waals surface area contributed by atoms with Crippen molar-refractivity contribution in [3.8, 4) is 0 Å². The van der Waals surface area contributed by atoms with Gasteiger partial charge in [0.15, 0.2) is 5.69 Å². The SMILES string of the molecule is CON(C)C(=O)c1n[nH]c2c1C=CC(c1ccncn1)(c1ccncn1)C2. The highest BCUT2D eigenvalue weighted by Gasteiger charge is 2.39. The predicted octanol–water partition coefficient (Wildman–Crippen LogP) is 1.18. The van der Waals surface area contributed by atoms with Crippen molar-refractivity contribution in [3.63, 3.8) is 0 Å². The molecule has 0 bridgehead atoms. The van der Waals surface area contributed by atoms with Crippen LogP contribution in [-0.4, -0.2) is 55.3 Å². The summed E-state index contributed by atoms with van der Waals surface area (Å²) in [6, 6.07) is 3.72. The Balaban J connectivity index is 1.82. The minimum absolute atomic E-state index is 0.310. The van der Waals surface area contributed by atoms with E-state index in [-0.39, 0.29) is 5.91 Å². The Morgan fingerprint density at radius 3 is 2.41 bits per heavy atom. The first kappa shape index (κ1) is 17.0. The zero-order chi connectivity index (χ0) is 18.9. The smallest absolute Gasteiger partial charge is 0.281 e. The number of amides is 1. The lowest BCUT2D eigenvalue weighted by Gasteiger charge is -2.31. The lowest BCUT2D eigenvalue weighted by Crippen LogP contribution is -2.33. The third-order valence-electron chi connectivity index (χ3n) is 4.71. The minimum Gasteiger partial charge on any atom is -0.281 e. The maximum Gasteiger partial charge on any atom is 0.298 e. The van der Waals surface area contributed by atoms with E-state index in [0.717, 1.165) is 27.7 Å². The van der Waals surface area contributed by atoms with Crippen molar-refractivity contribution >= 4 is 12.0 Å². The first-order valence-corrected chi connectivity index (χ1v) is 8.27. The third kappa shape index (κ3) is 2.77. The monoisotopic (exact) mass is 363 g/mol. The molecule has 9 heteroatoms. The van der Waals surface area contributed by atoms with E-state index in [1.54, 1.807) is 19.4 Å². The molecule has 1 amide bonds. The Morgan fingerprint density at radius 1 is 1.19 bits per heavy atom. The van der Waals surface area contributed by atoms with Crippen LogP contribution < -0.4 is 0 Å². The Morgan fingerprint density at radius 2 is 1.85 bits per heavy atom. The minimum atomic E-state index is -0.612. The van der Waals surface area contributed by atoms with E-state index in [9.17, 15) is 4.79 Å². The highest BCUT2D eigenvalue weighted by Crippen LogP contribution is 2.39. The fraction of sp³-hybridized carbons (Fsp3) is 0.222. The molecule has 0 aromatic carbocycles. The van der Waals surface area contributed by atoms with Crippen molar-refractivity contribution in [2.75, 3.05) is 14.2 Å². The summed E-state index contributed by atoms with van der Waals surface area (Å²) in [4.78, 5) is 34.4. The zero-order valence-electron chi connectivity index (χ0n) is 14.8. The number of carbonyl (C=O) groups is 1. The van der Waals surface area contributed by atoms with Crippen LogP contribution in [0.2, 0.25) is 0 Å². The first-order valence-electron chi connectivity index (χ1n) is 8.27. The number of hydroxylamine groups is 2. The van der Waals surface area contributed by atoms with Crippen LogP contribution in [0.1, 0.15) is 33.1 Å². The largest absolute Gasteiger partial charge is 0.298 e. The number of rotatable bonds is 4. The van der Waals surface area contributed by atoms with Crippen molar-refractivity contribution < 1.29 is 9.63 Å². The molecule has 3 aromatic rings. The second kappa shape index (κ2) is 6.69. The standard InChI is InChI=1S/C18H17N7O2/c1-25(27-2)17(26)16-12-3-6-18(9-13(12)23-24-16,14-4-7-19-10-21-14)15-5-8-20-11-22-15/h3-8,10-11H,9H2,1-2H3,(H,23,24). The Hall–Kier alpha value is -3.46. The van der Waals surface area contributed by atoms with Crippen molar-refractivity contribution in [2.45, 2.75) is 11.8 Å². The van der Waals surface area contributed by atoms with Crippen LogP contribution in [0.5, 0.6) is 0 Å². The summed E-state index contributed by atoms with van der Waals surface area (Å²) < 4.78 is 0. The maximum atomic E-state index is 12.5. The Bertz CT molecular complexity index is 946. The molecule has 0 radical (unpaired) electrons. The first-order chi connectivity index (χ1) is 13.2. The molecule has 27 heavy (non-hydrogen) atoms. The number of nitrogens with one attached hydrogen (secondary N) is 1. The molecule has 0 saturated heterocycles. The van der Waals surface area contributed by atoms with E-state index in [2.05, 4.69) is 30.1 Å². The summed E-state index contributed by atoms with van der Waals surface area (Å²) in [5.74, 6) is -0.323. The highest BCUT2D eigenvalue weighted by atomic mass is 16.7. The van der Waals surface area contributed by atoms with Gasteiger partial charge in [-0.1, -0.05) is 12.2 Å². The molecule has 136 valence electrons. The number of nitrogens with zero attached hydrogens (tertiary/aromatic N) is 6. The average Bonchev–Trinajstić information content (AvgIpc) is 3.16. The van der Waals surface area contributed by atoms with Gasteiger partial charge in [0.25, 0.3) is 5.91 Å². The number of carbonyl (C=O) groups excluding carboxylic acids is 1. The Kier molecular flexibility index (Phi) is 4.21. The summed E-state index contributed by atoms with van der Waals surface area (Å²) >= 11 is 0. The van der Waals surface area contributed by atoms with Gasteiger partial charge in [-0.25, -0.2) is 25.0 Å². The number of H-pyrrole nitrogens is 1. The molecule has 1 N–H and O–H groups in total. The molecule has 0 fully saturated rings. The number of aromatic nitrogens is 6. The van der Waals surface area contributed by atoms with Gasteiger partial charge in [0.2, 0.25) is 0 Å². The fourth-order valence-electron chi connectivity index (χ4n) is 3.25. The van der Waals surface area contributed by atoms with Gasteiger partial charge in [-0.05, 0) is 12.1 Å². The van der Waals surface area contributed by atoms with Crippen LogP contribution >= 0.6 is 0 Å². The van der Waals surface area contributed by atoms with Gasteiger partial charge in [-0.3, -0.25) is 14.7 Å². The van der Waals surface area contributed by atoms with Gasteiger partial charge in [-0.15, -0.1) is 0 Å². The van der Waals surface area contributed by atoms with Crippen LogP contribution in [0.4, 0.5) is 0 Å². The fourth-order valence-corrected chi connectivity index (χ4v) is 3.25. The molecule has 0 spiro atoms. The van der Waals surface area contributed by atoms with E-state index in [1.165, 1.54) is 19.8 Å². The second-order valence-electron chi connectivity index (χ2n) is 6.12. The van der Waals surface area contributed by atoms with Crippen LogP contribution in [0.15, 0.2) is 43.3 Å². The van der Waals surface area contributed by atoms with Gasteiger partial charge in [-0.2, -0.15) is 5.10 Å². The number of allylic oxidation sites excluding steroid dienone is 1. The van der Waals surface area contributed by atoms with Crippen molar-refractivity contribution in [1.29, 1.82) is 0 Å². The topological polar surface area (TPSA) is 110 Å². The molecule has 9 nitrogen and oxygen atoms in total. The molecule has 3 aromatic heterocycles. The predicted molar refractivity (Wildman–Crippen MR) is 95.3 cm³/mol. The zero-order valence-corrected chi connectivity index (χ0v) is 14.8. The highest BCUT2D eigenvalue weighted by molar-refractivity contribution is 5.95. The number of hydrogen-bond donors (Lipinski definition) is 1. The number of fused-ring (bicyclic) bond motifs is 1. The van der Waals surface area contributed by atoms with Crippen molar-refractivity contribution in [1.82, 2.24) is 35.2 Å². The molecule has 0 atom stereocenters. The van der Waals surface area contributed by atoms with E-state index >= 15 is 0 Å². The summed E-state index contributed by atoms with van der Waals surface area (Å²) in [7, 11) is 2.98. The molecule has 1 aliphatic carbocycles. The van der Waals surface area contributed by atoms with Crippen molar-refractivity contribution in [3.05, 3.63) is 71.6 Å². The van der Waals surface area contributed by atoms with E-state index < -0.39 is 5.41 Å². The second-order valence-corrected chi connectivity index (χ2v) is 6.12. The van der Waals surface area contributed by atoms with Gasteiger partial charge in [0.05, 0.1) is 23.9 Å². The molecule has 0 saturated carbocycles. The van der Waals surface area contributed by atoms with E-state index in [1.807, 2.05) is 24.3 Å². The lowest BCUT2D eigenvalue weighted by molar-refractivity contribution is -0.0760. The summed E-state index contributed by atoms with van der Waals surface area (Å²) in [5, 5.41) is 8.34. The normalized spacial score (nSPS) is 14.6. The van der Waals surface area contributed by atoms with E-state index in [0.29, 0.717) is 12.1 Å². The van der Waals surface area contributed by atoms with Gasteiger partial charge in [0.1, 0.15) is 12.7 Å². The summed E-state index contributed by atoms with van der Waals surface area (Å²) in [6.07, 6.45) is 10.8. The van der Waals surface area contributed by atoms with E-state index in [4.69, 9.17) is 4.84 Å². The molecule has 4 rings (SSSR count). The maximum absolute atomic E-state index is 12.5. The molecular formula is C18H17N7O2. The van der Waals surface area contributed by atoms with Crippen LogP contribution in [0.3, 0.4) is 0 Å². The lowest BCUT2D eigenvalue weighted by atomic mass is 9.73. The van der Waals surface area contributed by atoms with Crippen LogP contribution in [-0.2, 0) is 16.7 Å². The summed E-state index contributed by atoms with van der Waals surface area (Å²) in [5.41, 5.74) is 2.86. The molecular weight excluding hydrogens is 346 g/mol. The van der Waals surface area contributed by atoms with Crippen LogP contribution in [0.25, 0.3) is 6.08 Å². The molecule has 0 unspecified atom stereocenters. The average molecular weight is 363 g/mol. The third-order valence-corrected chi connectivity index (χ3v) is 4.71. The molecule has 1 aliphatic rings. The quantitative estimate of drug-likeness (QED) is 0.693. The van der Waals surface area contributed by atoms with Gasteiger partial charge >= 0.3 is 0 Å². The Labute approximate surface area is 155 Å². The van der Waals surface area contributed by atoms with Crippen molar-refractivity contribution in [2.24, 2.45) is 0 Å². The van der Waals surface area contributed by atoms with Crippen LogP contribution in [0, 0.1) is 0 Å².